The summed E-state index contributed by atoms with van der Waals surface area (Å²) < 4.78 is 44.9. The van der Waals surface area contributed by atoms with Gasteiger partial charge >= 0.3 is 0 Å². The SMILES string of the molecule is CCP(=O)(O)CC(ON1C(=O)c2ccccc2C1=O)c1cc(Cl)c(OCOCCOC)c(OCOCCOC)c1Cl. The Balaban J connectivity index is 1.98. The maximum atomic E-state index is 13.0. The molecule has 226 valence electrons. The number of ether oxygens (including phenoxy) is 6. The van der Waals surface area contributed by atoms with Gasteiger partial charge in [0.2, 0.25) is 7.37 Å². The van der Waals surface area contributed by atoms with Crippen molar-refractivity contribution in [2.75, 3.05) is 66.6 Å². The number of imide groups is 1. The molecular formula is C26H32Cl2NO11P. The van der Waals surface area contributed by atoms with E-state index in [2.05, 4.69) is 0 Å². The molecule has 1 aliphatic rings. The zero-order chi connectivity index (χ0) is 30.0. The highest BCUT2D eigenvalue weighted by Gasteiger charge is 2.40. The first-order valence-electron chi connectivity index (χ1n) is 12.5. The van der Waals surface area contributed by atoms with Crippen molar-refractivity contribution in [1.82, 2.24) is 5.06 Å². The van der Waals surface area contributed by atoms with Crippen LogP contribution in [0.3, 0.4) is 0 Å². The Morgan fingerprint density at radius 1 is 0.902 bits per heavy atom. The minimum absolute atomic E-state index is 0.00753. The molecule has 0 spiro atoms. The van der Waals surface area contributed by atoms with E-state index in [0.29, 0.717) is 18.3 Å². The molecule has 2 aromatic carbocycles. The predicted octanol–water partition coefficient (Wildman–Crippen LogP) is 4.55. The first-order valence-corrected chi connectivity index (χ1v) is 15.3. The number of hydrogen-bond donors (Lipinski definition) is 1. The highest BCUT2D eigenvalue weighted by atomic mass is 35.5. The van der Waals surface area contributed by atoms with E-state index in [1.54, 1.807) is 12.1 Å². The first kappa shape index (κ1) is 33.3. The van der Waals surface area contributed by atoms with E-state index in [1.807, 2.05) is 0 Å². The third-order valence-corrected chi connectivity index (χ3v) is 8.44. The molecule has 3 rings (SSSR count). The molecular weight excluding hydrogens is 604 g/mol. The van der Waals surface area contributed by atoms with Crippen molar-refractivity contribution in [1.29, 1.82) is 0 Å². The lowest BCUT2D eigenvalue weighted by Gasteiger charge is -2.26. The van der Waals surface area contributed by atoms with Crippen LogP contribution >= 0.6 is 30.6 Å². The van der Waals surface area contributed by atoms with Crippen LogP contribution in [-0.4, -0.2) is 88.3 Å². The number of rotatable bonds is 18. The van der Waals surface area contributed by atoms with E-state index in [-0.39, 0.29) is 71.2 Å². The van der Waals surface area contributed by atoms with Gasteiger partial charge in [0, 0.05) is 25.9 Å². The van der Waals surface area contributed by atoms with Crippen LogP contribution in [0, 0.1) is 0 Å². The Labute approximate surface area is 247 Å². The Morgan fingerprint density at radius 2 is 1.44 bits per heavy atom. The highest BCUT2D eigenvalue weighted by Crippen LogP contribution is 2.50. The van der Waals surface area contributed by atoms with E-state index in [9.17, 15) is 19.0 Å². The number of benzene rings is 2. The molecule has 1 N–H and O–H groups in total. The monoisotopic (exact) mass is 635 g/mol. The molecule has 41 heavy (non-hydrogen) atoms. The van der Waals surface area contributed by atoms with Gasteiger partial charge in [0.25, 0.3) is 11.8 Å². The number of carbonyl (C=O) groups is 2. The van der Waals surface area contributed by atoms with Crippen LogP contribution in [0.25, 0.3) is 0 Å². The fourth-order valence-corrected chi connectivity index (χ4v) is 5.29. The van der Waals surface area contributed by atoms with Gasteiger partial charge < -0.3 is 33.3 Å². The lowest BCUT2D eigenvalue weighted by atomic mass is 10.1. The molecule has 15 heteroatoms. The Hall–Kier alpha value is -2.25. The Bertz CT molecular complexity index is 1230. The number of hydrogen-bond acceptors (Lipinski definition) is 10. The summed E-state index contributed by atoms with van der Waals surface area (Å²) in [5, 5.41) is 0.443. The minimum Gasteiger partial charge on any atom is -0.462 e. The molecule has 0 saturated carbocycles. The van der Waals surface area contributed by atoms with Crippen molar-refractivity contribution in [3.05, 3.63) is 57.1 Å². The molecule has 2 aromatic rings. The third-order valence-electron chi connectivity index (χ3n) is 5.88. The van der Waals surface area contributed by atoms with Gasteiger partial charge in [0.1, 0.15) is 6.10 Å². The maximum Gasteiger partial charge on any atom is 0.285 e. The van der Waals surface area contributed by atoms with E-state index >= 15 is 0 Å². The van der Waals surface area contributed by atoms with Gasteiger partial charge in [-0.3, -0.25) is 19.0 Å². The molecule has 2 unspecified atom stereocenters. The normalized spacial score (nSPS) is 15.1. The molecule has 0 bridgehead atoms. The molecule has 1 aliphatic heterocycles. The van der Waals surface area contributed by atoms with Crippen molar-refractivity contribution >= 4 is 42.4 Å². The van der Waals surface area contributed by atoms with Gasteiger partial charge in [-0.2, -0.15) is 0 Å². The number of hydroxylamine groups is 2. The topological polar surface area (TPSA) is 139 Å². The van der Waals surface area contributed by atoms with Crippen molar-refractivity contribution in [2.45, 2.75) is 13.0 Å². The summed E-state index contributed by atoms with van der Waals surface area (Å²) >= 11 is 13.3. The second kappa shape index (κ2) is 15.8. The van der Waals surface area contributed by atoms with Crippen LogP contribution in [0.1, 0.15) is 39.3 Å². The predicted molar refractivity (Wildman–Crippen MR) is 149 cm³/mol. The number of halogens is 2. The van der Waals surface area contributed by atoms with Gasteiger partial charge in [-0.1, -0.05) is 42.3 Å². The van der Waals surface area contributed by atoms with Crippen LogP contribution in [0.15, 0.2) is 30.3 Å². The lowest BCUT2D eigenvalue weighted by molar-refractivity contribution is -0.127. The standard InChI is InChI=1S/C26H32Cl2NO11P/c1-4-41(32,33)14-21(40-29-25(30)17-7-5-6-8-18(17)26(29)31)19-13-20(27)23(38-15-36-11-9-34-2)24(22(19)28)39-16-37-12-10-35-3/h5-8,13,21H,4,9-12,14-16H2,1-3H3,(H,32,33). The van der Waals surface area contributed by atoms with Crippen molar-refractivity contribution in [3.8, 4) is 11.5 Å². The van der Waals surface area contributed by atoms with Crippen molar-refractivity contribution < 1.29 is 52.3 Å². The van der Waals surface area contributed by atoms with E-state index in [1.165, 1.54) is 39.3 Å². The van der Waals surface area contributed by atoms with E-state index in [4.69, 9.17) is 56.5 Å². The van der Waals surface area contributed by atoms with Crippen molar-refractivity contribution in [3.63, 3.8) is 0 Å². The zero-order valence-electron chi connectivity index (χ0n) is 22.8. The largest absolute Gasteiger partial charge is 0.462 e. The first-order chi connectivity index (χ1) is 19.6. The van der Waals surface area contributed by atoms with Gasteiger partial charge in [0.05, 0.1) is 53.8 Å². The Morgan fingerprint density at radius 3 is 1.95 bits per heavy atom. The fraction of sp³-hybridized carbons (Fsp3) is 0.462. The average molecular weight is 636 g/mol. The van der Waals surface area contributed by atoms with E-state index < -0.39 is 31.4 Å². The van der Waals surface area contributed by atoms with Crippen LogP contribution in [-0.2, 0) is 28.4 Å². The second-order valence-electron chi connectivity index (χ2n) is 8.64. The molecule has 12 nitrogen and oxygen atoms in total. The molecule has 0 aromatic heterocycles. The van der Waals surface area contributed by atoms with Gasteiger partial charge in [0.15, 0.2) is 25.1 Å². The molecule has 0 fully saturated rings. The third kappa shape index (κ3) is 8.63. The highest BCUT2D eigenvalue weighted by molar-refractivity contribution is 7.57. The van der Waals surface area contributed by atoms with Crippen LogP contribution in [0.2, 0.25) is 10.0 Å². The number of carbonyl (C=O) groups excluding carboxylic acids is 2. The summed E-state index contributed by atoms with van der Waals surface area (Å²) in [5.41, 5.74) is 0.352. The molecule has 0 radical (unpaired) electrons. The van der Waals surface area contributed by atoms with Gasteiger partial charge in [-0.25, -0.2) is 0 Å². The number of amides is 2. The van der Waals surface area contributed by atoms with Gasteiger partial charge in [-0.15, -0.1) is 5.06 Å². The lowest BCUT2D eigenvalue weighted by Crippen LogP contribution is -2.33. The summed E-state index contributed by atoms with van der Waals surface area (Å²) in [6.07, 6.45) is -1.95. The van der Waals surface area contributed by atoms with Crippen LogP contribution < -0.4 is 9.47 Å². The van der Waals surface area contributed by atoms with E-state index in [0.717, 1.165) is 0 Å². The average Bonchev–Trinajstić information content (AvgIpc) is 3.19. The summed E-state index contributed by atoms with van der Waals surface area (Å²) in [6, 6.07) is 7.53. The quantitative estimate of drug-likeness (QED) is 0.107. The maximum absolute atomic E-state index is 13.0. The molecule has 1 heterocycles. The summed E-state index contributed by atoms with van der Waals surface area (Å²) in [4.78, 5) is 42.4. The van der Waals surface area contributed by atoms with Crippen molar-refractivity contribution in [2.24, 2.45) is 0 Å². The minimum atomic E-state index is -3.81. The van der Waals surface area contributed by atoms with Gasteiger partial charge in [-0.05, 0) is 18.2 Å². The Kier molecular flexibility index (Phi) is 12.8. The molecule has 0 saturated heterocycles. The second-order valence-corrected chi connectivity index (χ2v) is 12.1. The number of methoxy groups -OCH3 is 2. The smallest absolute Gasteiger partial charge is 0.285 e. The molecule has 2 amide bonds. The molecule has 0 aliphatic carbocycles. The van der Waals surface area contributed by atoms with Crippen LogP contribution in [0.5, 0.6) is 11.5 Å². The summed E-state index contributed by atoms with van der Waals surface area (Å²) in [7, 11) is -0.762. The number of fused-ring (bicyclic) bond motifs is 1. The summed E-state index contributed by atoms with van der Waals surface area (Å²) in [5.74, 6) is -1.51. The summed E-state index contributed by atoms with van der Waals surface area (Å²) in [6.45, 7) is 2.14. The fourth-order valence-electron chi connectivity index (χ4n) is 3.67. The van der Waals surface area contributed by atoms with Crippen LogP contribution in [0.4, 0.5) is 0 Å². The number of nitrogens with zero attached hydrogens (tertiary/aromatic N) is 1. The zero-order valence-corrected chi connectivity index (χ0v) is 25.2. The molecule has 2 atom stereocenters.